The van der Waals surface area contributed by atoms with Crippen molar-refractivity contribution in [3.8, 4) is 0 Å². The summed E-state index contributed by atoms with van der Waals surface area (Å²) in [6.45, 7) is 0.0492. The molecule has 2 aromatic heterocycles. The average molecular weight is 419 g/mol. The molecule has 1 fully saturated rings. The third-order valence-electron chi connectivity index (χ3n) is 4.41. The minimum absolute atomic E-state index is 0.0396. The standard InChI is InChI=1S/C18H16F3N7O2/c1-30-17(29)12(11-5-22-8-23-6-11)7-28-9-24-16(27-28)13-4-14(18(19,20)21)26-15(25-13)10-2-3-10/h4-8,10H,2-3,9H2,1H3,(H,24,27)/b12-7+. The maximum absolute atomic E-state index is 13.2. The molecule has 156 valence electrons. The zero-order valence-electron chi connectivity index (χ0n) is 15.7. The second kappa shape index (κ2) is 7.69. The summed E-state index contributed by atoms with van der Waals surface area (Å²) in [4.78, 5) is 32.0. The number of rotatable bonds is 5. The molecule has 3 heterocycles. The van der Waals surface area contributed by atoms with Crippen molar-refractivity contribution in [2.75, 3.05) is 13.8 Å². The average Bonchev–Trinajstić information content (AvgIpc) is 3.49. The highest BCUT2D eigenvalue weighted by Crippen LogP contribution is 2.39. The molecule has 1 aliphatic carbocycles. The number of hydrazine groups is 1. The molecule has 30 heavy (non-hydrogen) atoms. The zero-order chi connectivity index (χ0) is 21.3. The molecule has 0 atom stereocenters. The van der Waals surface area contributed by atoms with Gasteiger partial charge in [-0.05, 0) is 18.9 Å². The first kappa shape index (κ1) is 19.7. The fourth-order valence-corrected chi connectivity index (χ4v) is 2.77. The number of aromatic nitrogens is 4. The number of nitrogens with one attached hydrogen (secondary N) is 1. The molecule has 1 saturated carbocycles. The second-order valence-corrected chi connectivity index (χ2v) is 6.66. The molecular weight excluding hydrogens is 403 g/mol. The molecule has 4 rings (SSSR count). The number of carbonyl (C=O) groups is 1. The molecule has 0 saturated heterocycles. The van der Waals surface area contributed by atoms with Crippen molar-refractivity contribution >= 4 is 17.4 Å². The molecule has 0 aromatic carbocycles. The maximum Gasteiger partial charge on any atom is 0.433 e. The number of nitrogens with zero attached hydrogens (tertiary/aromatic N) is 6. The van der Waals surface area contributed by atoms with Crippen LogP contribution in [0, 0.1) is 0 Å². The minimum atomic E-state index is -4.59. The predicted octanol–water partition coefficient (Wildman–Crippen LogP) is 1.90. The summed E-state index contributed by atoms with van der Waals surface area (Å²) in [6.07, 6.45) is 2.55. The Bertz CT molecular complexity index is 1020. The van der Waals surface area contributed by atoms with E-state index in [0.717, 1.165) is 18.9 Å². The number of esters is 1. The van der Waals surface area contributed by atoms with Crippen molar-refractivity contribution in [3.05, 3.63) is 53.8 Å². The van der Waals surface area contributed by atoms with Crippen LogP contribution in [0.5, 0.6) is 0 Å². The van der Waals surface area contributed by atoms with E-state index in [1.165, 1.54) is 37.0 Å². The summed E-state index contributed by atoms with van der Waals surface area (Å²) in [5.41, 5.74) is 2.45. The number of amidine groups is 1. The van der Waals surface area contributed by atoms with Crippen molar-refractivity contribution < 1.29 is 22.7 Å². The summed E-state index contributed by atoms with van der Waals surface area (Å²) >= 11 is 0. The molecule has 12 heteroatoms. The molecule has 2 aromatic rings. The van der Waals surface area contributed by atoms with Crippen LogP contribution in [-0.4, -0.2) is 50.5 Å². The Labute approximate surface area is 168 Å². The van der Waals surface area contributed by atoms with Crippen molar-refractivity contribution in [2.45, 2.75) is 24.9 Å². The number of ether oxygens (including phenoxy) is 1. The number of methoxy groups -OCH3 is 1. The van der Waals surface area contributed by atoms with E-state index in [2.05, 4.69) is 30.4 Å². The Morgan fingerprint density at radius 3 is 2.63 bits per heavy atom. The highest BCUT2D eigenvalue weighted by molar-refractivity contribution is 6.16. The van der Waals surface area contributed by atoms with Crippen LogP contribution in [0.1, 0.15) is 41.5 Å². The lowest BCUT2D eigenvalue weighted by Gasteiger charge is -2.16. The Morgan fingerprint density at radius 1 is 1.27 bits per heavy atom. The second-order valence-electron chi connectivity index (χ2n) is 6.66. The lowest BCUT2D eigenvalue weighted by molar-refractivity contribution is -0.141. The third-order valence-corrected chi connectivity index (χ3v) is 4.41. The number of halogens is 3. The smallest absolute Gasteiger partial charge is 0.433 e. The maximum atomic E-state index is 13.2. The molecule has 0 spiro atoms. The highest BCUT2D eigenvalue weighted by Gasteiger charge is 2.37. The number of carbonyl (C=O) groups excluding carboxylic acids is 1. The van der Waals surface area contributed by atoms with Crippen LogP contribution in [0.4, 0.5) is 13.2 Å². The molecule has 9 nitrogen and oxygen atoms in total. The van der Waals surface area contributed by atoms with E-state index in [9.17, 15) is 18.0 Å². The van der Waals surface area contributed by atoms with Gasteiger partial charge in [0.1, 0.15) is 30.2 Å². The normalized spacial score (nSPS) is 16.9. The summed E-state index contributed by atoms with van der Waals surface area (Å²) in [5.74, 6) is -0.380. The van der Waals surface area contributed by atoms with E-state index in [-0.39, 0.29) is 35.5 Å². The predicted molar refractivity (Wildman–Crippen MR) is 97.4 cm³/mol. The van der Waals surface area contributed by atoms with Crippen LogP contribution in [0.15, 0.2) is 36.0 Å². The van der Waals surface area contributed by atoms with Gasteiger partial charge in [0.15, 0.2) is 5.84 Å². The van der Waals surface area contributed by atoms with E-state index >= 15 is 0 Å². The molecule has 1 N–H and O–H groups in total. The highest BCUT2D eigenvalue weighted by atomic mass is 19.4. The van der Waals surface area contributed by atoms with Crippen LogP contribution in [0.3, 0.4) is 0 Å². The van der Waals surface area contributed by atoms with Gasteiger partial charge in [0.05, 0.1) is 12.7 Å². The quantitative estimate of drug-likeness (QED) is 0.579. The van der Waals surface area contributed by atoms with Crippen molar-refractivity contribution in [1.29, 1.82) is 0 Å². The summed E-state index contributed by atoms with van der Waals surface area (Å²) in [7, 11) is 1.23. The van der Waals surface area contributed by atoms with Gasteiger partial charge in [-0.1, -0.05) is 0 Å². The summed E-state index contributed by atoms with van der Waals surface area (Å²) < 4.78 is 44.5. The van der Waals surface area contributed by atoms with Gasteiger partial charge < -0.3 is 4.74 Å². The van der Waals surface area contributed by atoms with E-state index in [4.69, 9.17) is 4.74 Å². The minimum Gasteiger partial charge on any atom is -0.465 e. The largest absolute Gasteiger partial charge is 0.465 e. The number of aliphatic imine (C=N–C) groups is 1. The van der Waals surface area contributed by atoms with Crippen molar-refractivity contribution in [3.63, 3.8) is 0 Å². The monoisotopic (exact) mass is 419 g/mol. The van der Waals surface area contributed by atoms with Gasteiger partial charge in [-0.2, -0.15) is 13.2 Å². The van der Waals surface area contributed by atoms with Crippen LogP contribution < -0.4 is 5.43 Å². The first-order valence-corrected chi connectivity index (χ1v) is 8.95. The molecule has 0 bridgehead atoms. The molecule has 0 amide bonds. The van der Waals surface area contributed by atoms with E-state index in [1.807, 2.05) is 0 Å². The molecule has 0 unspecified atom stereocenters. The topological polar surface area (TPSA) is 105 Å². The number of hydrogen-bond acceptors (Lipinski definition) is 9. The first-order valence-electron chi connectivity index (χ1n) is 8.95. The van der Waals surface area contributed by atoms with Gasteiger partial charge in [0.2, 0.25) is 0 Å². The van der Waals surface area contributed by atoms with Crippen molar-refractivity contribution in [1.82, 2.24) is 30.4 Å². The zero-order valence-corrected chi connectivity index (χ0v) is 15.7. The lowest BCUT2D eigenvalue weighted by atomic mass is 10.1. The van der Waals surface area contributed by atoms with E-state index in [1.54, 1.807) is 0 Å². The van der Waals surface area contributed by atoms with E-state index in [0.29, 0.717) is 5.56 Å². The Hall–Kier alpha value is -3.57. The van der Waals surface area contributed by atoms with Crippen LogP contribution in [0.2, 0.25) is 0 Å². The number of hydrogen-bond donors (Lipinski definition) is 1. The fourth-order valence-electron chi connectivity index (χ4n) is 2.77. The molecular formula is C18H16F3N7O2. The third kappa shape index (κ3) is 4.21. The molecule has 1 aliphatic heterocycles. The van der Waals surface area contributed by atoms with Gasteiger partial charge in [-0.25, -0.2) is 29.7 Å². The lowest BCUT2D eigenvalue weighted by Crippen LogP contribution is -2.33. The fraction of sp³-hybridized carbons (Fsp3) is 0.333. The van der Waals surface area contributed by atoms with Gasteiger partial charge in [0, 0.05) is 30.1 Å². The number of alkyl halides is 3. The van der Waals surface area contributed by atoms with Crippen LogP contribution in [-0.2, 0) is 15.7 Å². The first-order chi connectivity index (χ1) is 14.3. The molecule has 2 aliphatic rings. The van der Waals surface area contributed by atoms with E-state index < -0.39 is 17.8 Å². The van der Waals surface area contributed by atoms with Gasteiger partial charge in [0.25, 0.3) is 0 Å². The Balaban J connectivity index is 1.60. The van der Waals surface area contributed by atoms with Gasteiger partial charge in [-0.15, -0.1) is 0 Å². The molecule has 0 radical (unpaired) electrons. The SMILES string of the molecule is COC(=O)/C(=C/N1CN=C(c2cc(C(F)(F)F)nc(C3CC3)n2)N1)c1cncnc1. The summed E-state index contributed by atoms with van der Waals surface area (Å²) in [6, 6.07) is 0.858. The van der Waals surface area contributed by atoms with Gasteiger partial charge >= 0.3 is 12.1 Å². The van der Waals surface area contributed by atoms with Crippen LogP contribution in [0.25, 0.3) is 5.57 Å². The summed E-state index contributed by atoms with van der Waals surface area (Å²) in [5, 5.41) is 1.43. The van der Waals surface area contributed by atoms with Crippen LogP contribution >= 0.6 is 0 Å². The Morgan fingerprint density at radius 2 is 2.00 bits per heavy atom. The Kier molecular flexibility index (Phi) is 5.06. The van der Waals surface area contributed by atoms with Crippen molar-refractivity contribution in [2.24, 2.45) is 4.99 Å². The van der Waals surface area contributed by atoms with Gasteiger partial charge in [-0.3, -0.25) is 10.4 Å².